The number of carbonyl (C=O) groups excluding carboxylic acids is 2. The van der Waals surface area contributed by atoms with Crippen LogP contribution in [-0.4, -0.2) is 34.3 Å². The summed E-state index contributed by atoms with van der Waals surface area (Å²) < 4.78 is 0. The van der Waals surface area contributed by atoms with E-state index in [1.54, 1.807) is 22.3 Å². The number of urea groups is 1. The van der Waals surface area contributed by atoms with Gasteiger partial charge >= 0.3 is 6.03 Å². The van der Waals surface area contributed by atoms with Crippen LogP contribution in [0.3, 0.4) is 0 Å². The molecule has 0 atom stereocenters. The van der Waals surface area contributed by atoms with E-state index in [4.69, 9.17) is 11.6 Å². The van der Waals surface area contributed by atoms with Crippen LogP contribution < -0.4 is 5.32 Å². The molecule has 1 N–H and O–H groups in total. The van der Waals surface area contributed by atoms with Crippen LogP contribution >= 0.6 is 22.9 Å². The van der Waals surface area contributed by atoms with E-state index in [-0.39, 0.29) is 24.5 Å². The quantitative estimate of drug-likeness (QED) is 0.446. The lowest BCUT2D eigenvalue weighted by molar-refractivity contribution is -0.133. The lowest BCUT2D eigenvalue weighted by Crippen LogP contribution is -2.45. The van der Waals surface area contributed by atoms with Crippen LogP contribution in [0, 0.1) is 6.92 Å². The Kier molecular flexibility index (Phi) is 7.12. The summed E-state index contributed by atoms with van der Waals surface area (Å²) in [7, 11) is 0. The first kappa shape index (κ1) is 22.4. The summed E-state index contributed by atoms with van der Waals surface area (Å²) in [5.74, 6) is -0.0637. The maximum absolute atomic E-state index is 13.4. The fourth-order valence-electron chi connectivity index (χ4n) is 3.49. The summed E-state index contributed by atoms with van der Waals surface area (Å²) in [5, 5.41) is 5.51. The maximum Gasteiger partial charge on any atom is 0.322 e. The molecule has 0 bridgehead atoms. The fraction of sp³-hybridized carbons (Fsp3) is 0.280. The van der Waals surface area contributed by atoms with Gasteiger partial charge in [0, 0.05) is 28.2 Å². The summed E-state index contributed by atoms with van der Waals surface area (Å²) >= 11 is 7.83. The van der Waals surface area contributed by atoms with Crippen molar-refractivity contribution in [3.05, 3.63) is 87.1 Å². The van der Waals surface area contributed by atoms with E-state index in [9.17, 15) is 9.59 Å². The third-order valence-corrected chi connectivity index (χ3v) is 6.74. The normalized spacial score (nSPS) is 12.9. The molecule has 0 spiro atoms. The molecule has 3 aromatic rings. The first-order chi connectivity index (χ1) is 15.5. The Morgan fingerprint density at radius 2 is 1.84 bits per heavy atom. The highest BCUT2D eigenvalue weighted by molar-refractivity contribution is 7.09. The van der Waals surface area contributed by atoms with Crippen molar-refractivity contribution in [2.75, 3.05) is 11.9 Å². The molecule has 0 unspecified atom stereocenters. The predicted molar refractivity (Wildman–Crippen MR) is 130 cm³/mol. The Bertz CT molecular complexity index is 1070. The molecule has 0 radical (unpaired) electrons. The topological polar surface area (TPSA) is 52.7 Å². The van der Waals surface area contributed by atoms with Gasteiger partial charge in [-0.15, -0.1) is 11.3 Å². The van der Waals surface area contributed by atoms with Crippen LogP contribution in [-0.2, 0) is 17.9 Å². The van der Waals surface area contributed by atoms with Crippen LogP contribution in [0.2, 0.25) is 5.02 Å². The van der Waals surface area contributed by atoms with Crippen molar-refractivity contribution in [3.8, 4) is 0 Å². The molecule has 5 nitrogen and oxygen atoms in total. The highest BCUT2D eigenvalue weighted by Crippen LogP contribution is 2.28. The van der Waals surface area contributed by atoms with Crippen molar-refractivity contribution in [2.24, 2.45) is 0 Å². The van der Waals surface area contributed by atoms with Crippen LogP contribution in [0.25, 0.3) is 0 Å². The Morgan fingerprint density at radius 3 is 2.50 bits per heavy atom. The summed E-state index contributed by atoms with van der Waals surface area (Å²) in [6.07, 6.45) is 1.83. The minimum atomic E-state index is -0.267. The molecule has 4 rings (SSSR count). The van der Waals surface area contributed by atoms with E-state index in [1.807, 2.05) is 71.8 Å². The summed E-state index contributed by atoms with van der Waals surface area (Å²) in [5.41, 5.74) is 2.64. The molecule has 7 heteroatoms. The van der Waals surface area contributed by atoms with E-state index >= 15 is 0 Å². The minimum Gasteiger partial charge on any atom is -0.332 e. The van der Waals surface area contributed by atoms with E-state index in [2.05, 4.69) is 5.32 Å². The van der Waals surface area contributed by atoms with E-state index in [0.29, 0.717) is 23.8 Å². The molecule has 1 heterocycles. The smallest absolute Gasteiger partial charge is 0.322 e. The summed E-state index contributed by atoms with van der Waals surface area (Å²) in [6, 6.07) is 19.2. The highest BCUT2D eigenvalue weighted by atomic mass is 35.5. The number of nitrogens with zero attached hydrogens (tertiary/aromatic N) is 2. The zero-order valence-corrected chi connectivity index (χ0v) is 19.5. The second kappa shape index (κ2) is 10.2. The fourth-order valence-corrected chi connectivity index (χ4v) is 4.39. The standard InChI is InChI=1S/C25H26ClN3O2S/c1-18-9-10-20(14-23(18)26)27-25(31)29(21-11-12-21)17-24(30)28(16-22-8-5-13-32-22)15-19-6-3-2-4-7-19/h2-10,13-14,21H,11-12,15-17H2,1H3,(H,27,31). The van der Waals surface area contributed by atoms with Gasteiger partial charge in [0.1, 0.15) is 6.54 Å². The average Bonchev–Trinajstić information content (AvgIpc) is 3.50. The van der Waals surface area contributed by atoms with Gasteiger partial charge in [0.05, 0.1) is 6.54 Å². The number of benzene rings is 2. The lowest BCUT2D eigenvalue weighted by atomic mass is 10.2. The number of carbonyl (C=O) groups is 2. The summed E-state index contributed by atoms with van der Waals surface area (Å²) in [6.45, 7) is 3.00. The van der Waals surface area contributed by atoms with Gasteiger partial charge in [0.25, 0.3) is 0 Å². The van der Waals surface area contributed by atoms with Crippen LogP contribution in [0.5, 0.6) is 0 Å². The molecular weight excluding hydrogens is 442 g/mol. The van der Waals surface area contributed by atoms with Gasteiger partial charge in [-0.2, -0.15) is 0 Å². The molecule has 1 aliphatic carbocycles. The van der Waals surface area contributed by atoms with Gasteiger partial charge in [0.2, 0.25) is 5.91 Å². The summed E-state index contributed by atoms with van der Waals surface area (Å²) in [4.78, 5) is 31.0. The molecule has 166 valence electrons. The molecular formula is C25H26ClN3O2S. The molecule has 32 heavy (non-hydrogen) atoms. The van der Waals surface area contributed by atoms with E-state index in [0.717, 1.165) is 28.8 Å². The molecule has 1 aliphatic rings. The molecule has 0 aliphatic heterocycles. The number of rotatable bonds is 8. The van der Waals surface area contributed by atoms with Gasteiger partial charge in [-0.25, -0.2) is 4.79 Å². The Morgan fingerprint density at radius 1 is 1.06 bits per heavy atom. The Labute approximate surface area is 197 Å². The number of halogens is 1. The molecule has 2 aromatic carbocycles. The van der Waals surface area contributed by atoms with Crippen molar-refractivity contribution in [2.45, 2.75) is 38.9 Å². The van der Waals surface area contributed by atoms with Gasteiger partial charge in [-0.05, 0) is 54.5 Å². The van der Waals surface area contributed by atoms with Crippen LogP contribution in [0.15, 0.2) is 66.0 Å². The number of hydrogen-bond donors (Lipinski definition) is 1. The number of amides is 3. The van der Waals surface area contributed by atoms with E-state index in [1.165, 1.54) is 0 Å². The number of hydrogen-bond acceptors (Lipinski definition) is 3. The zero-order valence-electron chi connectivity index (χ0n) is 18.0. The highest BCUT2D eigenvalue weighted by Gasteiger charge is 2.35. The third-order valence-electron chi connectivity index (χ3n) is 5.47. The predicted octanol–water partition coefficient (Wildman–Crippen LogP) is 5.94. The van der Waals surface area contributed by atoms with Crippen molar-refractivity contribution < 1.29 is 9.59 Å². The third kappa shape index (κ3) is 5.90. The van der Waals surface area contributed by atoms with Crippen LogP contribution in [0.1, 0.15) is 28.8 Å². The molecule has 3 amide bonds. The molecule has 1 saturated carbocycles. The van der Waals surface area contributed by atoms with Gasteiger partial charge < -0.3 is 15.1 Å². The Hall–Kier alpha value is -2.83. The number of anilines is 1. The average molecular weight is 468 g/mol. The number of nitrogens with one attached hydrogen (secondary N) is 1. The van der Waals surface area contributed by atoms with Gasteiger partial charge in [-0.1, -0.05) is 54.1 Å². The minimum absolute atomic E-state index is 0.0499. The largest absolute Gasteiger partial charge is 0.332 e. The first-order valence-electron chi connectivity index (χ1n) is 10.7. The van der Waals surface area contributed by atoms with Crippen molar-refractivity contribution in [1.82, 2.24) is 9.80 Å². The number of aryl methyl sites for hydroxylation is 1. The number of thiophene rings is 1. The molecule has 1 aromatic heterocycles. The molecule has 0 saturated heterocycles. The second-order valence-electron chi connectivity index (χ2n) is 8.07. The maximum atomic E-state index is 13.4. The van der Waals surface area contributed by atoms with E-state index < -0.39 is 0 Å². The van der Waals surface area contributed by atoms with Gasteiger partial charge in [-0.3, -0.25) is 4.79 Å². The zero-order chi connectivity index (χ0) is 22.5. The molecule has 1 fully saturated rings. The SMILES string of the molecule is Cc1ccc(NC(=O)N(CC(=O)N(Cc2ccccc2)Cc2cccs2)C2CC2)cc1Cl. The van der Waals surface area contributed by atoms with Crippen molar-refractivity contribution >= 4 is 40.6 Å². The van der Waals surface area contributed by atoms with Crippen molar-refractivity contribution in [3.63, 3.8) is 0 Å². The lowest BCUT2D eigenvalue weighted by Gasteiger charge is -2.28. The first-order valence-corrected chi connectivity index (χ1v) is 11.9. The Balaban J connectivity index is 1.47. The van der Waals surface area contributed by atoms with Crippen molar-refractivity contribution in [1.29, 1.82) is 0 Å². The van der Waals surface area contributed by atoms with Gasteiger partial charge in [0.15, 0.2) is 0 Å². The van der Waals surface area contributed by atoms with Crippen LogP contribution in [0.4, 0.5) is 10.5 Å². The second-order valence-corrected chi connectivity index (χ2v) is 9.51. The monoisotopic (exact) mass is 467 g/mol.